The Labute approximate surface area is 123 Å². The normalized spacial score (nSPS) is 11.7. The Bertz CT molecular complexity index is 663. The lowest BCUT2D eigenvalue weighted by Gasteiger charge is -2.11. The maximum atomic E-state index is 8.91. The lowest BCUT2D eigenvalue weighted by molar-refractivity contribution is 0.318. The molecule has 3 N–H and O–H groups in total. The van der Waals surface area contributed by atoms with Crippen LogP contribution in [0.1, 0.15) is 30.2 Å². The van der Waals surface area contributed by atoms with Crippen LogP contribution >= 0.6 is 0 Å². The van der Waals surface area contributed by atoms with Gasteiger partial charge in [-0.25, -0.2) is 4.98 Å². The van der Waals surface area contributed by atoms with Gasteiger partial charge in [0.25, 0.3) is 0 Å². The molecule has 112 valence electrons. The summed E-state index contributed by atoms with van der Waals surface area (Å²) in [6.45, 7) is 6.60. The number of nitrogens with two attached hydrogens (primary N) is 1. The number of oxime groups is 1. The molecule has 0 atom stereocenters. The lowest BCUT2D eigenvalue weighted by Crippen LogP contribution is -2.17. The molecule has 0 radical (unpaired) electrons. The van der Waals surface area contributed by atoms with Gasteiger partial charge in [-0.15, -0.1) is 0 Å². The standard InChI is InChI=1S/C14H19N5O2/c1-4-5-19-8-11(7-16-19)21-14-12(13(15)18-20)9(2)6-10(3)17-14/h6-8,20H,4-5H2,1-3H3,(H2,15,18). The molecule has 0 aliphatic heterocycles. The molecule has 2 aromatic rings. The Hall–Kier alpha value is -2.57. The number of hydrogen-bond acceptors (Lipinski definition) is 5. The first-order valence-corrected chi connectivity index (χ1v) is 6.71. The minimum Gasteiger partial charge on any atom is -0.435 e. The Kier molecular flexibility index (Phi) is 4.42. The number of rotatable bonds is 5. The third-order valence-electron chi connectivity index (χ3n) is 2.95. The van der Waals surface area contributed by atoms with Crippen molar-refractivity contribution in [2.45, 2.75) is 33.7 Å². The highest BCUT2D eigenvalue weighted by atomic mass is 16.5. The van der Waals surface area contributed by atoms with E-state index in [9.17, 15) is 0 Å². The van der Waals surface area contributed by atoms with E-state index in [-0.39, 0.29) is 5.84 Å². The highest BCUT2D eigenvalue weighted by Gasteiger charge is 2.16. The van der Waals surface area contributed by atoms with Gasteiger partial charge in [0.1, 0.15) is 0 Å². The van der Waals surface area contributed by atoms with Gasteiger partial charge in [-0.2, -0.15) is 5.10 Å². The number of pyridine rings is 1. The molecule has 2 heterocycles. The van der Waals surface area contributed by atoms with Crippen molar-refractivity contribution in [1.29, 1.82) is 0 Å². The van der Waals surface area contributed by atoms with E-state index in [0.717, 1.165) is 24.2 Å². The van der Waals surface area contributed by atoms with Crippen LogP contribution in [0.4, 0.5) is 0 Å². The second-order valence-electron chi connectivity index (χ2n) is 4.79. The summed E-state index contributed by atoms with van der Waals surface area (Å²) in [6.07, 6.45) is 4.39. The van der Waals surface area contributed by atoms with Crippen molar-refractivity contribution in [2.24, 2.45) is 10.9 Å². The lowest BCUT2D eigenvalue weighted by atomic mass is 10.1. The van der Waals surface area contributed by atoms with Crippen LogP contribution < -0.4 is 10.5 Å². The molecule has 0 saturated heterocycles. The number of nitrogens with zero attached hydrogens (tertiary/aromatic N) is 4. The van der Waals surface area contributed by atoms with E-state index < -0.39 is 0 Å². The first-order chi connectivity index (χ1) is 10.0. The average Bonchev–Trinajstić information content (AvgIpc) is 2.85. The average molecular weight is 289 g/mol. The summed E-state index contributed by atoms with van der Waals surface area (Å²) in [5.74, 6) is 0.836. The van der Waals surface area contributed by atoms with Crippen LogP contribution in [-0.4, -0.2) is 25.8 Å². The molecule has 0 aromatic carbocycles. The molecular weight excluding hydrogens is 270 g/mol. The van der Waals surface area contributed by atoms with Crippen molar-refractivity contribution in [2.75, 3.05) is 0 Å². The monoisotopic (exact) mass is 289 g/mol. The molecule has 7 nitrogen and oxygen atoms in total. The SMILES string of the molecule is CCCn1cc(Oc2nc(C)cc(C)c2/C(N)=N/O)cn1. The van der Waals surface area contributed by atoms with Crippen LogP contribution in [0.15, 0.2) is 23.6 Å². The second kappa shape index (κ2) is 6.25. The molecule has 7 heteroatoms. The summed E-state index contributed by atoms with van der Waals surface area (Å²) in [6, 6.07) is 1.85. The van der Waals surface area contributed by atoms with Gasteiger partial charge in [-0.05, 0) is 31.9 Å². The fraction of sp³-hybridized carbons (Fsp3) is 0.357. The number of hydrogen-bond donors (Lipinski definition) is 2. The van der Waals surface area contributed by atoms with E-state index in [4.69, 9.17) is 15.7 Å². The second-order valence-corrected chi connectivity index (χ2v) is 4.79. The summed E-state index contributed by atoms with van der Waals surface area (Å²) in [5, 5.41) is 16.1. The molecule has 0 bridgehead atoms. The highest BCUT2D eigenvalue weighted by Crippen LogP contribution is 2.26. The highest BCUT2D eigenvalue weighted by molar-refractivity contribution is 6.00. The van der Waals surface area contributed by atoms with Crippen LogP contribution in [-0.2, 0) is 6.54 Å². The van der Waals surface area contributed by atoms with Gasteiger partial charge in [0.2, 0.25) is 5.88 Å². The van der Waals surface area contributed by atoms with E-state index in [1.54, 1.807) is 17.1 Å². The molecule has 0 amide bonds. The Morgan fingerprint density at radius 1 is 1.48 bits per heavy atom. The van der Waals surface area contributed by atoms with E-state index in [1.165, 1.54) is 0 Å². The van der Waals surface area contributed by atoms with E-state index >= 15 is 0 Å². The quantitative estimate of drug-likeness (QED) is 0.380. The fourth-order valence-electron chi connectivity index (χ4n) is 2.10. The number of aromatic nitrogens is 3. The van der Waals surface area contributed by atoms with Crippen molar-refractivity contribution < 1.29 is 9.94 Å². The molecule has 0 spiro atoms. The molecule has 2 rings (SSSR count). The predicted molar refractivity (Wildman–Crippen MR) is 78.8 cm³/mol. The van der Waals surface area contributed by atoms with Crippen molar-refractivity contribution >= 4 is 5.84 Å². The van der Waals surface area contributed by atoms with Crippen molar-refractivity contribution in [3.63, 3.8) is 0 Å². The van der Waals surface area contributed by atoms with Gasteiger partial charge in [0, 0.05) is 12.2 Å². The van der Waals surface area contributed by atoms with E-state index in [1.807, 2.05) is 19.9 Å². The zero-order chi connectivity index (χ0) is 15.4. The van der Waals surface area contributed by atoms with Crippen LogP contribution in [0.2, 0.25) is 0 Å². The van der Waals surface area contributed by atoms with E-state index in [2.05, 4.69) is 22.2 Å². The summed E-state index contributed by atoms with van der Waals surface area (Å²) < 4.78 is 7.55. The van der Waals surface area contributed by atoms with Crippen molar-refractivity contribution in [3.05, 3.63) is 35.3 Å². The predicted octanol–water partition coefficient (Wildman–Crippen LogP) is 2.19. The van der Waals surface area contributed by atoms with Gasteiger partial charge in [-0.3, -0.25) is 4.68 Å². The summed E-state index contributed by atoms with van der Waals surface area (Å²) >= 11 is 0. The van der Waals surface area contributed by atoms with Crippen LogP contribution in [0.25, 0.3) is 0 Å². The number of ether oxygens (including phenoxy) is 1. The van der Waals surface area contributed by atoms with Gasteiger partial charge in [0.05, 0.1) is 18.0 Å². The van der Waals surface area contributed by atoms with Crippen LogP contribution in [0.5, 0.6) is 11.6 Å². The molecule has 0 aliphatic rings. The first kappa shape index (κ1) is 14.8. The Morgan fingerprint density at radius 3 is 2.90 bits per heavy atom. The molecule has 2 aromatic heterocycles. The summed E-state index contributed by atoms with van der Waals surface area (Å²) in [4.78, 5) is 4.32. The smallest absolute Gasteiger partial charge is 0.231 e. The topological polar surface area (TPSA) is 98.6 Å². The molecule has 0 saturated carbocycles. The zero-order valence-electron chi connectivity index (χ0n) is 12.4. The minimum absolute atomic E-state index is 0.0315. The molecule has 21 heavy (non-hydrogen) atoms. The minimum atomic E-state index is -0.0315. The fourth-order valence-corrected chi connectivity index (χ4v) is 2.10. The number of amidine groups is 1. The summed E-state index contributed by atoms with van der Waals surface area (Å²) in [5.41, 5.74) is 7.81. The van der Waals surface area contributed by atoms with Crippen LogP contribution in [0, 0.1) is 13.8 Å². The molecule has 0 unspecified atom stereocenters. The van der Waals surface area contributed by atoms with Gasteiger partial charge in [-0.1, -0.05) is 12.1 Å². The van der Waals surface area contributed by atoms with Crippen molar-refractivity contribution in [3.8, 4) is 11.6 Å². The van der Waals surface area contributed by atoms with Crippen LogP contribution in [0.3, 0.4) is 0 Å². The maximum Gasteiger partial charge on any atom is 0.231 e. The van der Waals surface area contributed by atoms with Crippen molar-refractivity contribution in [1.82, 2.24) is 14.8 Å². The first-order valence-electron chi connectivity index (χ1n) is 6.71. The Balaban J connectivity index is 2.38. The largest absolute Gasteiger partial charge is 0.435 e. The summed E-state index contributed by atoms with van der Waals surface area (Å²) in [7, 11) is 0. The molecule has 0 aliphatic carbocycles. The zero-order valence-corrected chi connectivity index (χ0v) is 12.4. The van der Waals surface area contributed by atoms with Gasteiger partial charge in [0.15, 0.2) is 11.6 Å². The third kappa shape index (κ3) is 3.31. The Morgan fingerprint density at radius 2 is 2.24 bits per heavy atom. The maximum absolute atomic E-state index is 8.91. The van der Waals surface area contributed by atoms with Gasteiger partial charge < -0.3 is 15.7 Å². The molecular formula is C14H19N5O2. The van der Waals surface area contributed by atoms with Gasteiger partial charge >= 0.3 is 0 Å². The number of aryl methyl sites for hydroxylation is 3. The van der Waals surface area contributed by atoms with E-state index in [0.29, 0.717) is 17.2 Å². The third-order valence-corrected chi connectivity index (χ3v) is 2.95. The molecule has 0 fully saturated rings.